The fourth-order valence-corrected chi connectivity index (χ4v) is 5.04. The van der Waals surface area contributed by atoms with E-state index in [1.54, 1.807) is 0 Å². The van der Waals surface area contributed by atoms with E-state index >= 15 is 0 Å². The predicted molar refractivity (Wildman–Crippen MR) is 101 cm³/mol. The zero-order valence-electron chi connectivity index (χ0n) is 15.3. The molecule has 1 saturated heterocycles. The van der Waals surface area contributed by atoms with Crippen LogP contribution in [0.5, 0.6) is 17.2 Å². The number of hydrogen-bond donors (Lipinski definition) is 0. The number of anilines is 1. The van der Waals surface area contributed by atoms with Crippen LogP contribution in [0.2, 0.25) is 0 Å². The molecule has 5 heteroatoms. The van der Waals surface area contributed by atoms with Crippen LogP contribution in [-0.4, -0.2) is 45.6 Å². The summed E-state index contributed by atoms with van der Waals surface area (Å²) in [7, 11) is 0. The molecule has 5 nitrogen and oxygen atoms in total. The molecule has 1 spiro atoms. The highest BCUT2D eigenvalue weighted by Gasteiger charge is 2.50. The van der Waals surface area contributed by atoms with Crippen molar-refractivity contribution in [3.05, 3.63) is 47.5 Å². The number of ether oxygens (including phenoxy) is 4. The van der Waals surface area contributed by atoms with Crippen LogP contribution in [0.4, 0.5) is 5.69 Å². The van der Waals surface area contributed by atoms with Crippen LogP contribution < -0.4 is 19.1 Å². The van der Waals surface area contributed by atoms with E-state index in [2.05, 4.69) is 35.2 Å². The highest BCUT2D eigenvalue weighted by molar-refractivity contribution is 5.70. The van der Waals surface area contributed by atoms with Gasteiger partial charge in [0.25, 0.3) is 0 Å². The van der Waals surface area contributed by atoms with Gasteiger partial charge < -0.3 is 23.8 Å². The number of nitrogens with zero attached hydrogens (tertiary/aromatic N) is 1. The summed E-state index contributed by atoms with van der Waals surface area (Å²) in [4.78, 5) is 2.49. The molecule has 6 rings (SSSR count). The largest absolute Gasteiger partial charge is 0.492 e. The molecule has 27 heavy (non-hydrogen) atoms. The van der Waals surface area contributed by atoms with Gasteiger partial charge >= 0.3 is 0 Å². The van der Waals surface area contributed by atoms with Crippen LogP contribution in [0, 0.1) is 0 Å². The Bertz CT molecular complexity index is 892. The van der Waals surface area contributed by atoms with Gasteiger partial charge in [-0.2, -0.15) is 0 Å². The van der Waals surface area contributed by atoms with Crippen molar-refractivity contribution in [3.63, 3.8) is 0 Å². The first-order valence-electron chi connectivity index (χ1n) is 9.86. The minimum Gasteiger partial charge on any atom is -0.492 e. The summed E-state index contributed by atoms with van der Waals surface area (Å²) in [6.45, 7) is 4.60. The zero-order valence-corrected chi connectivity index (χ0v) is 15.3. The smallest absolute Gasteiger partial charge is 0.165 e. The quantitative estimate of drug-likeness (QED) is 0.818. The van der Waals surface area contributed by atoms with Crippen LogP contribution in [0.25, 0.3) is 0 Å². The van der Waals surface area contributed by atoms with Gasteiger partial charge in [-0.1, -0.05) is 18.2 Å². The molecule has 0 radical (unpaired) electrons. The molecule has 0 bridgehead atoms. The molecule has 2 aromatic carbocycles. The Morgan fingerprint density at radius 3 is 2.63 bits per heavy atom. The molecule has 1 unspecified atom stereocenters. The van der Waals surface area contributed by atoms with E-state index in [1.165, 1.54) is 23.2 Å². The van der Waals surface area contributed by atoms with Crippen molar-refractivity contribution in [2.75, 3.05) is 44.4 Å². The molecule has 2 aromatic rings. The number of benzene rings is 2. The molecular weight excluding hydrogens is 342 g/mol. The maximum absolute atomic E-state index is 6.18. The predicted octanol–water partition coefficient (Wildman–Crippen LogP) is 3.14. The highest BCUT2D eigenvalue weighted by Crippen LogP contribution is 2.54. The van der Waals surface area contributed by atoms with Crippen LogP contribution in [0.1, 0.15) is 24.0 Å². The molecular formula is C22H23NO4. The normalized spacial score (nSPS) is 27.6. The van der Waals surface area contributed by atoms with Crippen LogP contribution in [0.3, 0.4) is 0 Å². The third kappa shape index (κ3) is 2.27. The lowest BCUT2D eigenvalue weighted by atomic mass is 9.77. The summed E-state index contributed by atoms with van der Waals surface area (Å²) >= 11 is 0. The first-order valence-corrected chi connectivity index (χ1v) is 9.86. The molecule has 0 amide bonds. The van der Waals surface area contributed by atoms with Gasteiger partial charge in [0.15, 0.2) is 11.5 Å². The monoisotopic (exact) mass is 365 g/mol. The summed E-state index contributed by atoms with van der Waals surface area (Å²) in [6, 6.07) is 12.9. The molecule has 0 saturated carbocycles. The average Bonchev–Trinajstić information content (AvgIpc) is 3.42. The summed E-state index contributed by atoms with van der Waals surface area (Å²) < 4.78 is 23.7. The van der Waals surface area contributed by atoms with E-state index in [0.29, 0.717) is 25.9 Å². The first kappa shape index (κ1) is 15.6. The van der Waals surface area contributed by atoms with Crippen molar-refractivity contribution in [1.82, 2.24) is 0 Å². The van der Waals surface area contributed by atoms with E-state index < -0.39 is 0 Å². The van der Waals surface area contributed by atoms with Gasteiger partial charge in [-0.15, -0.1) is 0 Å². The topological polar surface area (TPSA) is 40.2 Å². The number of fused-ring (bicyclic) bond motifs is 5. The zero-order chi connectivity index (χ0) is 17.8. The first-order chi connectivity index (χ1) is 13.3. The van der Waals surface area contributed by atoms with E-state index in [9.17, 15) is 0 Å². The number of rotatable bonds is 2. The van der Waals surface area contributed by atoms with Gasteiger partial charge in [0.1, 0.15) is 25.6 Å². The van der Waals surface area contributed by atoms with Crippen molar-refractivity contribution in [1.29, 1.82) is 0 Å². The second-order valence-electron chi connectivity index (χ2n) is 7.90. The lowest BCUT2D eigenvalue weighted by molar-refractivity contribution is 0.115. The van der Waals surface area contributed by atoms with Crippen LogP contribution in [-0.2, 0) is 10.2 Å². The van der Waals surface area contributed by atoms with E-state index in [4.69, 9.17) is 18.9 Å². The lowest BCUT2D eigenvalue weighted by Gasteiger charge is -2.27. The molecule has 0 aliphatic carbocycles. The van der Waals surface area contributed by atoms with E-state index in [0.717, 1.165) is 43.4 Å². The number of para-hydroxylation sites is 1. The van der Waals surface area contributed by atoms with Gasteiger partial charge in [0.05, 0.1) is 11.5 Å². The van der Waals surface area contributed by atoms with Gasteiger partial charge in [-0.05, 0) is 30.5 Å². The second-order valence-corrected chi connectivity index (χ2v) is 7.90. The lowest BCUT2D eigenvalue weighted by Crippen LogP contribution is -2.39. The van der Waals surface area contributed by atoms with E-state index in [-0.39, 0.29) is 5.41 Å². The standard InChI is InChI=1S/C22H23NO4/c1-2-6-18-16(5-1)22(13-23(18)12-15-4-3-7-24-15)14-27-19-11-21-20(10-17(19)22)25-8-9-26-21/h1-2,5-6,10-11,15H,3-4,7-9,12-14H2/t15-,22?/m1/s1. The van der Waals surface area contributed by atoms with Gasteiger partial charge in [0.2, 0.25) is 0 Å². The second kappa shape index (κ2) is 5.80. The summed E-state index contributed by atoms with van der Waals surface area (Å²) in [5, 5.41) is 0. The molecule has 0 N–H and O–H groups in total. The third-order valence-corrected chi connectivity index (χ3v) is 6.30. The summed E-state index contributed by atoms with van der Waals surface area (Å²) in [5.41, 5.74) is 3.71. The average molecular weight is 365 g/mol. The van der Waals surface area contributed by atoms with Gasteiger partial charge in [0, 0.05) is 37.0 Å². The maximum atomic E-state index is 6.18. The highest BCUT2D eigenvalue weighted by atomic mass is 16.6. The molecule has 0 aromatic heterocycles. The SMILES string of the molecule is c1ccc2c(c1)N(C[C@H]1CCCO1)CC21COc2cc3c(cc21)OCCO3. The molecule has 1 fully saturated rings. The Kier molecular flexibility index (Phi) is 3.36. The van der Waals surface area contributed by atoms with Gasteiger partial charge in [-0.25, -0.2) is 0 Å². The Morgan fingerprint density at radius 1 is 0.926 bits per heavy atom. The summed E-state index contributed by atoms with van der Waals surface area (Å²) in [5.74, 6) is 2.55. The van der Waals surface area contributed by atoms with E-state index in [1.807, 2.05) is 6.07 Å². The minimum atomic E-state index is -0.152. The van der Waals surface area contributed by atoms with Crippen LogP contribution in [0.15, 0.2) is 36.4 Å². The molecule has 2 atom stereocenters. The van der Waals surface area contributed by atoms with Crippen molar-refractivity contribution >= 4 is 5.69 Å². The number of hydrogen-bond acceptors (Lipinski definition) is 5. The molecule has 4 aliphatic heterocycles. The van der Waals surface area contributed by atoms with Crippen molar-refractivity contribution in [2.45, 2.75) is 24.4 Å². The Balaban J connectivity index is 1.43. The fraction of sp³-hybridized carbons (Fsp3) is 0.455. The maximum Gasteiger partial charge on any atom is 0.165 e. The Hall–Kier alpha value is -2.40. The van der Waals surface area contributed by atoms with Crippen LogP contribution >= 0.6 is 0 Å². The van der Waals surface area contributed by atoms with Crippen molar-refractivity contribution in [3.8, 4) is 17.2 Å². The Labute approximate surface area is 158 Å². The van der Waals surface area contributed by atoms with Gasteiger partial charge in [-0.3, -0.25) is 0 Å². The third-order valence-electron chi connectivity index (χ3n) is 6.30. The fourth-order valence-electron chi connectivity index (χ4n) is 5.04. The van der Waals surface area contributed by atoms with Crippen molar-refractivity contribution in [2.24, 2.45) is 0 Å². The molecule has 140 valence electrons. The Morgan fingerprint density at radius 2 is 1.78 bits per heavy atom. The summed E-state index contributed by atoms with van der Waals surface area (Å²) in [6.07, 6.45) is 2.65. The minimum absolute atomic E-state index is 0.152. The molecule has 4 aliphatic rings. The molecule has 4 heterocycles. The van der Waals surface area contributed by atoms with Crippen molar-refractivity contribution < 1.29 is 18.9 Å².